The van der Waals surface area contributed by atoms with Crippen molar-refractivity contribution < 1.29 is 57.7 Å². The Morgan fingerprint density at radius 2 is 1.15 bits per heavy atom. The van der Waals surface area contributed by atoms with Crippen molar-refractivity contribution in [3.8, 4) is 11.8 Å². The Hall–Kier alpha value is -7.84. The number of aromatic nitrogens is 5. The fourth-order valence-electron chi connectivity index (χ4n) is 4.21. The number of aromatic carboxylic acids is 4. The minimum absolute atomic E-state index is 0.0299. The monoisotopic (exact) mass is 730 g/mol. The Kier molecular flexibility index (Phi) is 9.51. The van der Waals surface area contributed by atoms with Gasteiger partial charge < -0.3 is 41.0 Å². The molecule has 0 aliphatic heterocycles. The molecule has 0 saturated heterocycles. The highest BCUT2D eigenvalue weighted by atomic mass is 32.2. The minimum Gasteiger partial charge on any atom is -0.491 e. The molecule has 0 bridgehead atoms. The summed E-state index contributed by atoms with van der Waals surface area (Å²) in [4.78, 5) is 61.7. The van der Waals surface area contributed by atoms with Gasteiger partial charge in [-0.3, -0.25) is 4.55 Å². The van der Waals surface area contributed by atoms with E-state index in [9.17, 15) is 53.1 Å². The van der Waals surface area contributed by atoms with Crippen LogP contribution in [0.25, 0.3) is 10.8 Å². The Morgan fingerprint density at radius 3 is 1.54 bits per heavy atom. The third-order valence-electron chi connectivity index (χ3n) is 6.50. The zero-order valence-corrected chi connectivity index (χ0v) is 26.2. The number of nitrogens with one attached hydrogen (secondary N) is 2. The van der Waals surface area contributed by atoms with Crippen molar-refractivity contribution in [2.24, 2.45) is 10.2 Å². The normalized spacial score (nSPS) is 11.2. The smallest absolute Gasteiger partial charge is 0.335 e. The fraction of sp³-hybridized carbons (Fsp3) is 0. The zero-order valence-electron chi connectivity index (χ0n) is 25.4. The zero-order chi connectivity index (χ0) is 37.9. The van der Waals surface area contributed by atoms with Gasteiger partial charge in [0, 0.05) is 11.4 Å². The highest BCUT2D eigenvalue weighted by Gasteiger charge is 2.25. The minimum atomic E-state index is -4.50. The number of carboxylic acid groups (broad SMARTS) is 4. The van der Waals surface area contributed by atoms with Crippen molar-refractivity contribution >= 4 is 74.5 Å². The topological polar surface area (TPSA) is 333 Å². The van der Waals surface area contributed by atoms with Crippen LogP contribution in [0.4, 0.5) is 40.5 Å². The number of hydrogen-bond donors (Lipinski definition) is 8. The lowest BCUT2D eigenvalue weighted by Crippen LogP contribution is -2.11. The lowest BCUT2D eigenvalue weighted by atomic mass is 10.1. The van der Waals surface area contributed by atoms with Crippen LogP contribution in [0.5, 0.6) is 5.88 Å². The van der Waals surface area contributed by atoms with Gasteiger partial charge in [-0.1, -0.05) is 11.3 Å². The van der Waals surface area contributed by atoms with E-state index in [0.29, 0.717) is 4.68 Å². The quantitative estimate of drug-likeness (QED) is 0.0505. The number of carboxylic acids is 4. The molecule has 0 fully saturated rings. The summed E-state index contributed by atoms with van der Waals surface area (Å²) in [5, 5.41) is 65.8. The molecule has 8 N–H and O–H groups in total. The maximum atomic E-state index is 11.7. The summed E-state index contributed by atoms with van der Waals surface area (Å²) in [6.07, 6.45) is 0. The molecule has 0 atom stereocenters. The van der Waals surface area contributed by atoms with E-state index in [4.69, 9.17) is 11.1 Å². The first-order chi connectivity index (χ1) is 24.5. The average Bonchev–Trinajstić information content (AvgIpc) is 3.41. The molecule has 5 rings (SSSR count). The standard InChI is InChI=1S/C29H18N10O12S/c1-30-21-20(37-36-16-2-4-19(5-3-16)52(49,50)51)22(40)39(38-21)29-34-27(31-17-8-12(23(41)42)6-13(9-17)24(43)44)33-28(35-29)32-18-10-14(25(45)46)7-15(11-18)26(47)48/h2-11,40H,(H,41,42)(H,43,44)(H,45,46)(H,47,48)(H,49,50,51)(H2,31,32,33,34,35)/b37-36+. The molecule has 2 heterocycles. The first-order valence-corrected chi connectivity index (χ1v) is 15.2. The molecule has 0 radical (unpaired) electrons. The second-order valence-electron chi connectivity index (χ2n) is 10.0. The van der Waals surface area contributed by atoms with E-state index in [1.165, 1.54) is 0 Å². The summed E-state index contributed by atoms with van der Waals surface area (Å²) in [7, 11) is -4.50. The first kappa shape index (κ1) is 35.5. The molecule has 0 aliphatic carbocycles. The highest BCUT2D eigenvalue weighted by molar-refractivity contribution is 7.85. The van der Waals surface area contributed by atoms with Gasteiger partial charge in [0.05, 0.1) is 32.8 Å². The van der Waals surface area contributed by atoms with E-state index in [1.807, 2.05) is 0 Å². The number of anilines is 4. The van der Waals surface area contributed by atoms with E-state index in [2.05, 4.69) is 45.8 Å². The second-order valence-corrected chi connectivity index (χ2v) is 11.5. The molecule has 0 aliphatic rings. The van der Waals surface area contributed by atoms with E-state index < -0.39 is 96.4 Å². The molecule has 52 heavy (non-hydrogen) atoms. The molecule has 23 heteroatoms. The highest BCUT2D eigenvalue weighted by Crippen LogP contribution is 2.39. The Bertz CT molecular complexity index is 2330. The van der Waals surface area contributed by atoms with Gasteiger partial charge in [0.15, 0.2) is 5.69 Å². The van der Waals surface area contributed by atoms with Gasteiger partial charge in [-0.25, -0.2) is 19.2 Å². The van der Waals surface area contributed by atoms with E-state index >= 15 is 0 Å². The number of azo groups is 1. The summed E-state index contributed by atoms with van der Waals surface area (Å²) in [5.41, 5.74) is -2.52. The third-order valence-corrected chi connectivity index (χ3v) is 7.37. The van der Waals surface area contributed by atoms with Crippen LogP contribution in [0, 0.1) is 6.57 Å². The molecular weight excluding hydrogens is 712 g/mol. The van der Waals surface area contributed by atoms with Crippen molar-refractivity contribution in [2.45, 2.75) is 4.90 Å². The van der Waals surface area contributed by atoms with E-state index in [1.54, 1.807) is 0 Å². The predicted octanol–water partition coefficient (Wildman–Crippen LogP) is 4.26. The Balaban J connectivity index is 1.63. The molecule has 22 nitrogen and oxygen atoms in total. The van der Waals surface area contributed by atoms with Gasteiger partial charge in [-0.15, -0.1) is 0 Å². The predicted molar refractivity (Wildman–Crippen MR) is 173 cm³/mol. The Morgan fingerprint density at radius 1 is 0.712 bits per heavy atom. The van der Waals surface area contributed by atoms with E-state index in [0.717, 1.165) is 60.7 Å². The van der Waals surface area contributed by atoms with Crippen LogP contribution in [-0.2, 0) is 10.1 Å². The maximum absolute atomic E-state index is 11.7. The molecule has 2 aromatic heterocycles. The second kappa shape index (κ2) is 13.9. The third kappa shape index (κ3) is 7.89. The van der Waals surface area contributed by atoms with Crippen molar-refractivity contribution in [1.82, 2.24) is 24.7 Å². The number of benzene rings is 3. The molecule has 0 amide bonds. The van der Waals surface area contributed by atoms with Crippen molar-refractivity contribution in [3.05, 3.63) is 94.3 Å². The average molecular weight is 731 g/mol. The van der Waals surface area contributed by atoms with Crippen LogP contribution in [0.1, 0.15) is 41.4 Å². The van der Waals surface area contributed by atoms with Crippen LogP contribution in [0.2, 0.25) is 0 Å². The molecular formula is C29H18N10O12S. The summed E-state index contributed by atoms with van der Waals surface area (Å²) < 4.78 is 32.4. The number of carbonyl (C=O) groups is 4. The van der Waals surface area contributed by atoms with Gasteiger partial charge in [0.25, 0.3) is 21.9 Å². The van der Waals surface area contributed by atoms with Crippen LogP contribution in [-0.4, -0.2) is 87.1 Å². The molecule has 0 saturated carbocycles. The van der Waals surface area contributed by atoms with Crippen molar-refractivity contribution in [2.75, 3.05) is 10.6 Å². The number of aromatic hydroxyl groups is 1. The lowest BCUT2D eigenvalue weighted by molar-refractivity contribution is 0.0676. The van der Waals surface area contributed by atoms with Crippen LogP contribution in [0.3, 0.4) is 0 Å². The van der Waals surface area contributed by atoms with Crippen LogP contribution in [0.15, 0.2) is 75.8 Å². The number of hydrogen-bond acceptors (Lipinski definition) is 15. The lowest BCUT2D eigenvalue weighted by Gasteiger charge is -2.12. The molecule has 0 unspecified atom stereocenters. The van der Waals surface area contributed by atoms with Crippen LogP contribution >= 0.6 is 0 Å². The largest absolute Gasteiger partial charge is 0.491 e. The summed E-state index contributed by atoms with van der Waals surface area (Å²) in [5.74, 6) is -8.77. The number of rotatable bonds is 12. The van der Waals surface area contributed by atoms with Gasteiger partial charge in [-0.2, -0.15) is 33.6 Å². The van der Waals surface area contributed by atoms with E-state index in [-0.39, 0.29) is 17.1 Å². The number of nitrogens with zero attached hydrogens (tertiary/aromatic N) is 8. The van der Waals surface area contributed by atoms with Crippen molar-refractivity contribution in [3.63, 3.8) is 0 Å². The summed E-state index contributed by atoms with van der Waals surface area (Å²) >= 11 is 0. The van der Waals surface area contributed by atoms with Gasteiger partial charge >= 0.3 is 29.7 Å². The van der Waals surface area contributed by atoms with Gasteiger partial charge in [0.2, 0.25) is 11.9 Å². The molecule has 5 aromatic rings. The van der Waals surface area contributed by atoms with Gasteiger partial charge in [0.1, 0.15) is 0 Å². The Labute approximate surface area is 288 Å². The summed E-state index contributed by atoms with van der Waals surface area (Å²) in [6.45, 7) is 7.51. The maximum Gasteiger partial charge on any atom is 0.335 e. The molecule has 0 spiro atoms. The SMILES string of the molecule is [C-]#[N+]c1nn(-c2nc(Nc3cc(C(=O)O)cc(C(=O)O)c3)nc(Nc3cc(C(=O)O)cc(C(=O)O)c3)n2)c(O)c1/N=N/c1ccc(S(=O)(=O)O)cc1. The van der Waals surface area contributed by atoms with Crippen LogP contribution < -0.4 is 10.6 Å². The fourth-order valence-corrected chi connectivity index (χ4v) is 4.69. The summed E-state index contributed by atoms with van der Waals surface area (Å²) in [6, 6.07) is 10.3. The molecule has 3 aromatic carbocycles. The van der Waals surface area contributed by atoms with Crippen molar-refractivity contribution in [1.29, 1.82) is 0 Å². The molecule has 262 valence electrons. The van der Waals surface area contributed by atoms with Gasteiger partial charge in [-0.05, 0) is 65.8 Å². The first-order valence-electron chi connectivity index (χ1n) is 13.7.